The molecule has 12 aromatic carbocycles. The van der Waals surface area contributed by atoms with Crippen LogP contribution < -0.4 is 0 Å². The van der Waals surface area contributed by atoms with Gasteiger partial charge in [-0.1, -0.05) is 249 Å². The van der Waals surface area contributed by atoms with Gasteiger partial charge in [-0.3, -0.25) is 0 Å². The quantitative estimate of drug-likeness (QED) is 0.118. The first-order valence-corrected chi connectivity index (χ1v) is 30.5. The van der Waals surface area contributed by atoms with Crippen LogP contribution in [0.25, 0.3) is 169 Å². The highest BCUT2D eigenvalue weighted by atomic mass is 15.1. The van der Waals surface area contributed by atoms with E-state index in [-0.39, 0.29) is 0 Å². The molecule has 0 amide bonds. The fourth-order valence-electron chi connectivity index (χ4n) is 12.5. The fourth-order valence-corrected chi connectivity index (χ4v) is 12.5. The predicted octanol–water partition coefficient (Wildman–Crippen LogP) is 19.1. The van der Waals surface area contributed by atoms with E-state index in [0.29, 0.717) is 52.4 Å². The third-order valence-electron chi connectivity index (χ3n) is 16.9. The maximum atomic E-state index is 5.28. The Bertz CT molecular complexity index is 5450. The van der Waals surface area contributed by atoms with Crippen molar-refractivity contribution in [2.24, 2.45) is 0 Å². The summed E-state index contributed by atoms with van der Waals surface area (Å²) in [6.07, 6.45) is 0. The van der Waals surface area contributed by atoms with Crippen molar-refractivity contribution in [1.82, 2.24) is 54.0 Å². The third-order valence-corrected chi connectivity index (χ3v) is 16.9. The predicted molar refractivity (Wildman–Crippen MR) is 370 cm³/mol. The number of hydrogen-bond donors (Lipinski definition) is 0. The second-order valence-electron chi connectivity index (χ2n) is 22.5. The summed E-state index contributed by atoms with van der Waals surface area (Å²) in [5.41, 5.74) is 16.0. The van der Waals surface area contributed by atoms with E-state index in [0.717, 1.165) is 116 Å². The maximum absolute atomic E-state index is 5.28. The summed E-state index contributed by atoms with van der Waals surface area (Å²) in [6, 6.07) is 106. The normalized spacial score (nSPS) is 11.5. The summed E-state index contributed by atoms with van der Waals surface area (Å²) in [5, 5.41) is 4.26. The maximum Gasteiger partial charge on any atom is 0.164 e. The summed E-state index contributed by atoms with van der Waals surface area (Å²) in [7, 11) is 0. The Hall–Kier alpha value is -12.7. The van der Waals surface area contributed by atoms with Gasteiger partial charge in [-0.25, -0.2) is 44.9 Å². The van der Waals surface area contributed by atoms with Crippen molar-refractivity contribution in [3.05, 3.63) is 309 Å². The van der Waals surface area contributed by atoms with Crippen LogP contribution in [0.4, 0.5) is 0 Å². The van der Waals surface area contributed by atoms with Crippen LogP contribution >= 0.6 is 0 Å². The second-order valence-corrected chi connectivity index (χ2v) is 22.5. The third kappa shape index (κ3) is 9.70. The standard InChI is InChI=1S/C81H51N11/c1-7-25-52(26-8-1)73-82-74(53-27-9-2-10-28-53)86-79(85-73)58-44-47-70-65(49-58)62-38-20-23-41-68(62)91(70)67-40-22-19-37-61(67)64-46-43-60(81-89-77(56-33-15-5-16-34-56)84-78(90-81)57-35-17-6-18-36-57)51-72(64)92-69-42-24-21-39-63(69)66-50-59(45-48-71(66)92)80-87-75(54-29-11-3-12-30-54)83-76(88-80)55-31-13-4-14-32-55/h1-51H. The van der Waals surface area contributed by atoms with Gasteiger partial charge in [-0.15, -0.1) is 0 Å². The number of benzene rings is 12. The van der Waals surface area contributed by atoms with Gasteiger partial charge in [0.2, 0.25) is 0 Å². The average molecular weight is 1180 g/mol. The Morgan fingerprint density at radius 1 is 0.163 bits per heavy atom. The van der Waals surface area contributed by atoms with Crippen molar-refractivity contribution in [3.8, 4) is 125 Å². The molecule has 0 aliphatic rings. The Morgan fingerprint density at radius 2 is 0.413 bits per heavy atom. The van der Waals surface area contributed by atoms with Gasteiger partial charge in [0.25, 0.3) is 0 Å². The number of hydrogen-bond acceptors (Lipinski definition) is 9. The molecule has 17 rings (SSSR count). The molecule has 0 unspecified atom stereocenters. The van der Waals surface area contributed by atoms with Crippen LogP contribution in [0.3, 0.4) is 0 Å². The fraction of sp³-hybridized carbons (Fsp3) is 0. The summed E-state index contributed by atoms with van der Waals surface area (Å²) in [5.74, 6) is 5.29. The van der Waals surface area contributed by atoms with Gasteiger partial charge in [0.15, 0.2) is 52.4 Å². The molecule has 0 atom stereocenters. The Morgan fingerprint density at radius 3 is 0.772 bits per heavy atom. The highest BCUT2D eigenvalue weighted by molar-refractivity contribution is 6.13. The molecule has 11 nitrogen and oxygen atoms in total. The van der Waals surface area contributed by atoms with Crippen molar-refractivity contribution in [2.75, 3.05) is 0 Å². The van der Waals surface area contributed by atoms with Gasteiger partial charge in [-0.2, -0.15) is 0 Å². The SMILES string of the molecule is c1ccc(-c2nc(-c3ccccc3)nc(-c3ccc(-c4ccccc4-n4c5ccccc5c5cc(-c6nc(-c7ccccc7)nc(-c7ccccc7)n6)ccc54)c(-n4c5ccccc5c5cc(-c6nc(-c7ccccc7)nc(-c7ccccc7)n6)ccc54)c3)n2)cc1. The van der Waals surface area contributed by atoms with E-state index < -0.39 is 0 Å². The lowest BCUT2D eigenvalue weighted by atomic mass is 9.98. The van der Waals surface area contributed by atoms with Crippen LogP contribution in [0.15, 0.2) is 309 Å². The second kappa shape index (κ2) is 22.8. The van der Waals surface area contributed by atoms with E-state index in [1.54, 1.807) is 0 Å². The zero-order chi connectivity index (χ0) is 60.9. The van der Waals surface area contributed by atoms with E-state index >= 15 is 0 Å². The van der Waals surface area contributed by atoms with Crippen molar-refractivity contribution < 1.29 is 0 Å². The van der Waals surface area contributed by atoms with Gasteiger partial charge >= 0.3 is 0 Å². The van der Waals surface area contributed by atoms with Crippen molar-refractivity contribution in [1.29, 1.82) is 0 Å². The van der Waals surface area contributed by atoms with Crippen molar-refractivity contribution >= 4 is 43.6 Å². The number of aromatic nitrogens is 11. The minimum atomic E-state index is 0.545. The van der Waals surface area contributed by atoms with Crippen LogP contribution in [-0.4, -0.2) is 54.0 Å². The topological polar surface area (TPSA) is 126 Å². The van der Waals surface area contributed by atoms with E-state index in [9.17, 15) is 0 Å². The molecule has 0 saturated carbocycles. The zero-order valence-electron chi connectivity index (χ0n) is 49.4. The molecular formula is C81H51N11. The van der Waals surface area contributed by atoms with E-state index in [1.807, 2.05) is 182 Å². The molecule has 0 fully saturated rings. The van der Waals surface area contributed by atoms with E-state index in [2.05, 4.69) is 137 Å². The Kier molecular flexibility index (Phi) is 13.2. The molecule has 0 saturated heterocycles. The van der Waals surface area contributed by atoms with Gasteiger partial charge in [0.05, 0.1) is 33.4 Å². The van der Waals surface area contributed by atoms with Crippen LogP contribution in [0.5, 0.6) is 0 Å². The lowest BCUT2D eigenvalue weighted by molar-refractivity contribution is 1.07. The number of nitrogens with zero attached hydrogens (tertiary/aromatic N) is 11. The summed E-state index contributed by atoms with van der Waals surface area (Å²) in [4.78, 5) is 46.3. The van der Waals surface area contributed by atoms with Gasteiger partial charge < -0.3 is 9.13 Å². The molecule has 0 aliphatic carbocycles. The number of fused-ring (bicyclic) bond motifs is 6. The van der Waals surface area contributed by atoms with Crippen LogP contribution in [0, 0.1) is 0 Å². The van der Waals surface area contributed by atoms with Crippen LogP contribution in [-0.2, 0) is 0 Å². The summed E-state index contributed by atoms with van der Waals surface area (Å²) in [6.45, 7) is 0. The van der Waals surface area contributed by atoms with Crippen LogP contribution in [0.2, 0.25) is 0 Å². The molecule has 5 aromatic heterocycles. The lowest BCUT2D eigenvalue weighted by Crippen LogP contribution is -2.04. The molecule has 0 radical (unpaired) electrons. The molecule has 17 aromatic rings. The van der Waals surface area contributed by atoms with Gasteiger partial charge in [0.1, 0.15) is 0 Å². The van der Waals surface area contributed by atoms with Crippen molar-refractivity contribution in [2.45, 2.75) is 0 Å². The Labute approximate surface area is 529 Å². The molecule has 430 valence electrons. The van der Waals surface area contributed by atoms with Crippen molar-refractivity contribution in [3.63, 3.8) is 0 Å². The minimum absolute atomic E-state index is 0.545. The van der Waals surface area contributed by atoms with Gasteiger partial charge in [-0.05, 0) is 60.7 Å². The summed E-state index contributed by atoms with van der Waals surface area (Å²) < 4.78 is 4.78. The number of para-hydroxylation sites is 3. The molecular weight excluding hydrogens is 1130 g/mol. The van der Waals surface area contributed by atoms with E-state index in [1.165, 1.54) is 0 Å². The highest BCUT2D eigenvalue weighted by Crippen LogP contribution is 2.44. The van der Waals surface area contributed by atoms with Crippen LogP contribution in [0.1, 0.15) is 0 Å². The Balaban J connectivity index is 0.882. The summed E-state index contributed by atoms with van der Waals surface area (Å²) >= 11 is 0. The molecule has 11 heteroatoms. The first-order valence-electron chi connectivity index (χ1n) is 30.5. The first-order chi connectivity index (χ1) is 45.6. The highest BCUT2D eigenvalue weighted by Gasteiger charge is 2.24. The molecule has 0 bridgehead atoms. The lowest BCUT2D eigenvalue weighted by Gasteiger charge is -2.19. The largest absolute Gasteiger partial charge is 0.309 e. The first kappa shape index (κ1) is 53.5. The van der Waals surface area contributed by atoms with E-state index in [4.69, 9.17) is 44.9 Å². The number of rotatable bonds is 12. The molecule has 5 heterocycles. The molecule has 0 spiro atoms. The average Bonchev–Trinajstić information content (AvgIpc) is 1.70. The smallest absolute Gasteiger partial charge is 0.164 e. The molecule has 92 heavy (non-hydrogen) atoms. The monoisotopic (exact) mass is 1180 g/mol. The zero-order valence-corrected chi connectivity index (χ0v) is 49.4. The molecule has 0 N–H and O–H groups in total. The minimum Gasteiger partial charge on any atom is -0.309 e. The van der Waals surface area contributed by atoms with Gasteiger partial charge in [0, 0.05) is 82.7 Å². The molecule has 0 aliphatic heterocycles.